The largest absolute Gasteiger partial charge is 0.306 e. The van der Waals surface area contributed by atoms with Crippen molar-refractivity contribution in [1.82, 2.24) is 9.80 Å². The van der Waals surface area contributed by atoms with Gasteiger partial charge in [-0.2, -0.15) is 0 Å². The normalized spacial score (nSPS) is 53.7. The summed E-state index contributed by atoms with van der Waals surface area (Å²) in [6.07, 6.45) is 14.4. The predicted molar refractivity (Wildman–Crippen MR) is 109 cm³/mol. The van der Waals surface area contributed by atoms with Gasteiger partial charge in [-0.1, -0.05) is 18.6 Å². The maximum absolute atomic E-state index is 2.74. The van der Waals surface area contributed by atoms with E-state index >= 15 is 0 Å². The molecule has 1 saturated heterocycles. The summed E-state index contributed by atoms with van der Waals surface area (Å²) in [5.41, 5.74) is 3.04. The van der Waals surface area contributed by atoms with Gasteiger partial charge in [0.25, 0.3) is 0 Å². The Balaban J connectivity index is 1.45. The van der Waals surface area contributed by atoms with Crippen molar-refractivity contribution in [2.45, 2.75) is 77.3 Å². The van der Waals surface area contributed by atoms with E-state index in [1.807, 2.05) is 5.57 Å². The molecule has 0 radical (unpaired) electrons. The lowest BCUT2D eigenvalue weighted by Crippen LogP contribution is -2.52. The molecule has 1 heterocycles. The Bertz CT molecular complexity index is 609. The summed E-state index contributed by atoms with van der Waals surface area (Å²) >= 11 is 0. The quantitative estimate of drug-likeness (QED) is 0.622. The molecule has 0 aromatic rings. The molecular weight excluding hydrogens is 316 g/mol. The van der Waals surface area contributed by atoms with Gasteiger partial charge >= 0.3 is 0 Å². The van der Waals surface area contributed by atoms with E-state index in [4.69, 9.17) is 0 Å². The molecule has 2 nitrogen and oxygen atoms in total. The second-order valence-electron chi connectivity index (χ2n) is 11.2. The zero-order valence-corrected chi connectivity index (χ0v) is 17.8. The van der Waals surface area contributed by atoms with Crippen LogP contribution < -0.4 is 0 Å². The maximum atomic E-state index is 2.74. The van der Waals surface area contributed by atoms with Gasteiger partial charge in [-0.15, -0.1) is 0 Å². The molecule has 0 aromatic heterocycles. The highest BCUT2D eigenvalue weighted by molar-refractivity contribution is 5.26. The Hall–Kier alpha value is -0.340. The monoisotopic (exact) mass is 356 g/mol. The van der Waals surface area contributed by atoms with Crippen molar-refractivity contribution >= 4 is 0 Å². The van der Waals surface area contributed by atoms with Gasteiger partial charge in [-0.3, -0.25) is 0 Å². The molecular formula is C24H40N2. The lowest BCUT2D eigenvalue weighted by molar-refractivity contribution is -0.0430. The third-order valence-corrected chi connectivity index (χ3v) is 10.4. The molecule has 1 aliphatic heterocycles. The molecule has 3 saturated carbocycles. The van der Waals surface area contributed by atoms with Crippen LogP contribution in [0.15, 0.2) is 11.6 Å². The minimum absolute atomic E-state index is 0.519. The summed E-state index contributed by atoms with van der Waals surface area (Å²) < 4.78 is 0. The van der Waals surface area contributed by atoms with Crippen molar-refractivity contribution in [3.8, 4) is 0 Å². The second kappa shape index (κ2) is 5.83. The summed E-state index contributed by atoms with van der Waals surface area (Å²) in [7, 11) is 6.95. The van der Waals surface area contributed by atoms with Crippen LogP contribution in [-0.2, 0) is 0 Å². The molecule has 0 unspecified atom stereocenters. The molecule has 1 spiro atoms. The molecule has 4 aliphatic carbocycles. The van der Waals surface area contributed by atoms with E-state index in [2.05, 4.69) is 50.9 Å². The summed E-state index contributed by atoms with van der Waals surface area (Å²) in [6.45, 7) is 6.56. The molecule has 5 rings (SSSR count). The first-order valence-electron chi connectivity index (χ1n) is 11.4. The molecule has 0 bridgehead atoms. The molecule has 26 heavy (non-hydrogen) atoms. The number of fused-ring (bicyclic) bond motifs is 4. The van der Waals surface area contributed by atoms with Crippen molar-refractivity contribution in [1.29, 1.82) is 0 Å². The first-order valence-corrected chi connectivity index (χ1v) is 11.4. The van der Waals surface area contributed by atoms with E-state index in [0.29, 0.717) is 10.8 Å². The van der Waals surface area contributed by atoms with Gasteiger partial charge in [0.05, 0.1) is 0 Å². The minimum atomic E-state index is 0.519. The van der Waals surface area contributed by atoms with Crippen LogP contribution in [0.2, 0.25) is 0 Å². The third-order valence-electron chi connectivity index (χ3n) is 10.4. The molecule has 0 amide bonds. The van der Waals surface area contributed by atoms with Crippen LogP contribution in [-0.4, -0.2) is 49.6 Å². The highest BCUT2D eigenvalue weighted by Gasteiger charge is 2.63. The highest BCUT2D eigenvalue weighted by Crippen LogP contribution is 2.68. The van der Waals surface area contributed by atoms with E-state index in [1.165, 1.54) is 57.9 Å². The van der Waals surface area contributed by atoms with Gasteiger partial charge in [0, 0.05) is 18.6 Å². The molecule has 0 N–H and O–H groups in total. The number of hydrogen-bond acceptors (Lipinski definition) is 2. The number of nitrogens with zero attached hydrogens (tertiary/aromatic N) is 2. The molecule has 0 aromatic carbocycles. The van der Waals surface area contributed by atoms with Gasteiger partial charge in [0.1, 0.15) is 0 Å². The summed E-state index contributed by atoms with van der Waals surface area (Å²) in [6, 6.07) is 1.60. The predicted octanol–water partition coefficient (Wildman–Crippen LogP) is 4.81. The van der Waals surface area contributed by atoms with E-state index < -0.39 is 0 Å². The zero-order valence-electron chi connectivity index (χ0n) is 17.8. The lowest BCUT2D eigenvalue weighted by Gasteiger charge is -2.58. The number of likely N-dealkylation sites (tertiary alicyclic amines) is 1. The average Bonchev–Trinajstić information content (AvgIpc) is 3.08. The van der Waals surface area contributed by atoms with Crippen LogP contribution in [0.5, 0.6) is 0 Å². The van der Waals surface area contributed by atoms with E-state index in [9.17, 15) is 0 Å². The molecule has 5 aliphatic rings. The fraction of sp³-hybridized carbons (Fsp3) is 0.917. The summed E-state index contributed by atoms with van der Waals surface area (Å²) in [4.78, 5) is 5.17. The SMILES string of the molecule is C[C@@H]1[C@H]2CC[C@H]3[C@H]4CC=C5C[C@@H](N(C)C)CC[C@]5(C)[C@@H]4CC[C@]23CN1C. The topological polar surface area (TPSA) is 6.48 Å². The highest BCUT2D eigenvalue weighted by atomic mass is 15.2. The van der Waals surface area contributed by atoms with E-state index in [0.717, 1.165) is 35.8 Å². The zero-order chi connectivity index (χ0) is 18.3. The fourth-order valence-corrected chi connectivity index (χ4v) is 8.88. The first-order chi connectivity index (χ1) is 12.4. The van der Waals surface area contributed by atoms with Crippen LogP contribution in [0, 0.1) is 34.5 Å². The van der Waals surface area contributed by atoms with Crippen LogP contribution in [0.1, 0.15) is 65.2 Å². The Kier molecular flexibility index (Phi) is 3.98. The van der Waals surface area contributed by atoms with Crippen molar-refractivity contribution in [3.05, 3.63) is 11.6 Å². The number of rotatable bonds is 1. The second-order valence-corrected chi connectivity index (χ2v) is 11.2. The van der Waals surface area contributed by atoms with Gasteiger partial charge in [0.15, 0.2) is 0 Å². The minimum Gasteiger partial charge on any atom is -0.306 e. The summed E-state index contributed by atoms with van der Waals surface area (Å²) in [5, 5.41) is 0. The number of hydrogen-bond donors (Lipinski definition) is 0. The van der Waals surface area contributed by atoms with Crippen LogP contribution in [0.4, 0.5) is 0 Å². The molecule has 4 fully saturated rings. The Morgan fingerprint density at radius 3 is 2.58 bits per heavy atom. The maximum Gasteiger partial charge on any atom is 0.0127 e. The first kappa shape index (κ1) is 17.7. The van der Waals surface area contributed by atoms with Gasteiger partial charge < -0.3 is 9.80 Å². The Labute approximate surface area is 161 Å². The van der Waals surface area contributed by atoms with Gasteiger partial charge in [-0.25, -0.2) is 0 Å². The average molecular weight is 357 g/mol. The van der Waals surface area contributed by atoms with Crippen molar-refractivity contribution < 1.29 is 0 Å². The third kappa shape index (κ3) is 2.18. The van der Waals surface area contributed by atoms with Crippen LogP contribution in [0.25, 0.3) is 0 Å². The lowest BCUT2D eigenvalue weighted by atomic mass is 9.47. The number of allylic oxidation sites excluding steroid dienone is 1. The van der Waals surface area contributed by atoms with Crippen LogP contribution >= 0.6 is 0 Å². The van der Waals surface area contributed by atoms with E-state index in [-0.39, 0.29) is 0 Å². The van der Waals surface area contributed by atoms with Crippen molar-refractivity contribution in [3.63, 3.8) is 0 Å². The fourth-order valence-electron chi connectivity index (χ4n) is 8.88. The Morgan fingerprint density at radius 1 is 1.04 bits per heavy atom. The van der Waals surface area contributed by atoms with Gasteiger partial charge in [-0.05, 0) is 114 Å². The van der Waals surface area contributed by atoms with Gasteiger partial charge in [0.2, 0.25) is 0 Å². The summed E-state index contributed by atoms with van der Waals surface area (Å²) in [5.74, 6) is 3.96. The van der Waals surface area contributed by atoms with Crippen molar-refractivity contribution in [2.24, 2.45) is 34.5 Å². The molecule has 146 valence electrons. The van der Waals surface area contributed by atoms with Crippen molar-refractivity contribution in [2.75, 3.05) is 27.7 Å². The smallest absolute Gasteiger partial charge is 0.0127 e. The molecule has 2 heteroatoms. The molecule has 8 atom stereocenters. The van der Waals surface area contributed by atoms with E-state index in [1.54, 1.807) is 0 Å². The van der Waals surface area contributed by atoms with Crippen LogP contribution in [0.3, 0.4) is 0 Å². The Morgan fingerprint density at radius 2 is 1.81 bits per heavy atom. The standard InChI is InChI=1S/C24H40N2/c1-16-20-8-9-22-19-7-6-17-14-18(25(3)4)10-12-23(17,2)21(19)11-13-24(20,22)15-26(16)5/h6,16,18-22H,7-15H2,1-5H3/t16-,18+,19+,20-,21-,22+,23+,24+/m1/s1.